The summed E-state index contributed by atoms with van der Waals surface area (Å²) in [5.74, 6) is -0.000990. The number of carbonyl (C=O) groups is 1. The number of hydrogen-bond donors (Lipinski definition) is 2. The van der Waals surface area contributed by atoms with Crippen LogP contribution in [0, 0.1) is 0 Å². The standard InChI is InChI=1S/C15H25N3O2/c1-13(12-20-2)17-15(19)11-18(9-8-16)10-14-6-4-3-5-7-14/h3-7,13H,8-12,16H2,1-2H3,(H,17,19). The first kappa shape index (κ1) is 16.6. The molecule has 0 aromatic heterocycles. The molecule has 0 radical (unpaired) electrons. The van der Waals surface area contributed by atoms with E-state index in [4.69, 9.17) is 10.5 Å². The van der Waals surface area contributed by atoms with Gasteiger partial charge in [0, 0.05) is 32.8 Å². The number of nitrogens with zero attached hydrogens (tertiary/aromatic N) is 1. The second-order valence-electron chi connectivity index (χ2n) is 4.91. The largest absolute Gasteiger partial charge is 0.383 e. The third-order valence-electron chi connectivity index (χ3n) is 2.89. The zero-order valence-corrected chi connectivity index (χ0v) is 12.3. The highest BCUT2D eigenvalue weighted by Gasteiger charge is 2.12. The van der Waals surface area contributed by atoms with E-state index in [2.05, 4.69) is 17.4 Å². The average molecular weight is 279 g/mol. The molecule has 0 aliphatic carbocycles. The van der Waals surface area contributed by atoms with Crippen LogP contribution in [0.1, 0.15) is 12.5 Å². The van der Waals surface area contributed by atoms with Crippen LogP contribution in [0.15, 0.2) is 30.3 Å². The van der Waals surface area contributed by atoms with Gasteiger partial charge in [-0.25, -0.2) is 0 Å². The van der Waals surface area contributed by atoms with Crippen LogP contribution < -0.4 is 11.1 Å². The summed E-state index contributed by atoms with van der Waals surface area (Å²) in [6, 6.07) is 10.1. The van der Waals surface area contributed by atoms with Crippen molar-refractivity contribution in [1.82, 2.24) is 10.2 Å². The molecular weight excluding hydrogens is 254 g/mol. The average Bonchev–Trinajstić information content (AvgIpc) is 2.40. The fraction of sp³-hybridized carbons (Fsp3) is 0.533. The molecule has 1 aromatic rings. The van der Waals surface area contributed by atoms with Crippen molar-refractivity contribution in [2.75, 3.05) is 33.4 Å². The third-order valence-corrected chi connectivity index (χ3v) is 2.89. The number of nitrogens with one attached hydrogen (secondary N) is 1. The van der Waals surface area contributed by atoms with Gasteiger partial charge < -0.3 is 15.8 Å². The minimum absolute atomic E-state index is 0.000990. The van der Waals surface area contributed by atoms with Crippen LogP contribution in [-0.2, 0) is 16.1 Å². The van der Waals surface area contributed by atoms with Crippen molar-refractivity contribution in [2.45, 2.75) is 19.5 Å². The molecule has 1 rings (SSSR count). The van der Waals surface area contributed by atoms with Crippen LogP contribution in [0.4, 0.5) is 0 Å². The fourth-order valence-electron chi connectivity index (χ4n) is 2.05. The van der Waals surface area contributed by atoms with E-state index >= 15 is 0 Å². The highest BCUT2D eigenvalue weighted by molar-refractivity contribution is 5.78. The Bertz CT molecular complexity index is 384. The van der Waals surface area contributed by atoms with Crippen LogP contribution in [0.3, 0.4) is 0 Å². The molecule has 5 nitrogen and oxygen atoms in total. The molecule has 1 amide bonds. The Labute approximate surface area is 121 Å². The Hall–Kier alpha value is -1.43. The molecule has 0 heterocycles. The fourth-order valence-corrected chi connectivity index (χ4v) is 2.05. The molecule has 5 heteroatoms. The van der Waals surface area contributed by atoms with Crippen LogP contribution in [0.2, 0.25) is 0 Å². The lowest BCUT2D eigenvalue weighted by atomic mass is 10.2. The maximum atomic E-state index is 12.0. The van der Waals surface area contributed by atoms with Crippen molar-refractivity contribution in [3.8, 4) is 0 Å². The summed E-state index contributed by atoms with van der Waals surface area (Å²) >= 11 is 0. The minimum atomic E-state index is -0.000990. The number of nitrogens with two attached hydrogens (primary N) is 1. The van der Waals surface area contributed by atoms with Gasteiger partial charge in [0.15, 0.2) is 0 Å². The van der Waals surface area contributed by atoms with Gasteiger partial charge in [-0.05, 0) is 12.5 Å². The Morgan fingerprint density at radius 1 is 1.40 bits per heavy atom. The zero-order valence-electron chi connectivity index (χ0n) is 12.3. The highest BCUT2D eigenvalue weighted by atomic mass is 16.5. The molecule has 3 N–H and O–H groups in total. The molecule has 0 aliphatic rings. The number of rotatable bonds is 9. The smallest absolute Gasteiger partial charge is 0.234 e. The number of benzene rings is 1. The first-order valence-corrected chi connectivity index (χ1v) is 6.90. The number of carbonyl (C=O) groups excluding carboxylic acids is 1. The van der Waals surface area contributed by atoms with Crippen molar-refractivity contribution in [1.29, 1.82) is 0 Å². The van der Waals surface area contributed by atoms with Crippen molar-refractivity contribution in [2.24, 2.45) is 5.73 Å². The van der Waals surface area contributed by atoms with Gasteiger partial charge in [0.05, 0.1) is 13.2 Å². The predicted molar refractivity (Wildman–Crippen MR) is 80.3 cm³/mol. The molecule has 1 aromatic carbocycles. The van der Waals surface area contributed by atoms with Gasteiger partial charge in [0.1, 0.15) is 0 Å². The SMILES string of the molecule is COCC(C)NC(=O)CN(CCN)Cc1ccccc1. The first-order valence-electron chi connectivity index (χ1n) is 6.90. The Morgan fingerprint density at radius 2 is 2.10 bits per heavy atom. The van der Waals surface area contributed by atoms with E-state index < -0.39 is 0 Å². The number of ether oxygens (including phenoxy) is 1. The zero-order chi connectivity index (χ0) is 14.8. The van der Waals surface area contributed by atoms with Gasteiger partial charge >= 0.3 is 0 Å². The monoisotopic (exact) mass is 279 g/mol. The second kappa shape index (κ2) is 9.47. The second-order valence-corrected chi connectivity index (χ2v) is 4.91. The molecule has 1 atom stereocenters. The van der Waals surface area contributed by atoms with Crippen molar-refractivity contribution >= 4 is 5.91 Å². The molecule has 1 unspecified atom stereocenters. The van der Waals surface area contributed by atoms with E-state index in [1.54, 1.807) is 7.11 Å². The molecule has 0 saturated carbocycles. The summed E-state index contributed by atoms with van der Waals surface area (Å²) in [5.41, 5.74) is 6.79. The van der Waals surface area contributed by atoms with Crippen LogP contribution >= 0.6 is 0 Å². The van der Waals surface area contributed by atoms with Crippen LogP contribution in [0.5, 0.6) is 0 Å². The van der Waals surface area contributed by atoms with E-state index in [0.717, 1.165) is 6.54 Å². The van der Waals surface area contributed by atoms with Gasteiger partial charge in [-0.1, -0.05) is 30.3 Å². The molecule has 112 valence electrons. The summed E-state index contributed by atoms with van der Waals surface area (Å²) < 4.78 is 5.00. The maximum Gasteiger partial charge on any atom is 0.234 e. The quantitative estimate of drug-likeness (QED) is 0.694. The number of methoxy groups -OCH3 is 1. The highest BCUT2D eigenvalue weighted by Crippen LogP contribution is 2.03. The Balaban J connectivity index is 2.47. The van der Waals surface area contributed by atoms with Gasteiger partial charge in [0.25, 0.3) is 0 Å². The molecular formula is C15H25N3O2. The van der Waals surface area contributed by atoms with Gasteiger partial charge in [0.2, 0.25) is 5.91 Å². The van der Waals surface area contributed by atoms with Gasteiger partial charge in [-0.15, -0.1) is 0 Å². The summed E-state index contributed by atoms with van der Waals surface area (Å²) in [5, 5.41) is 2.91. The Kier molecular flexibility index (Phi) is 7.87. The molecule has 0 spiro atoms. The van der Waals surface area contributed by atoms with E-state index in [1.807, 2.05) is 30.0 Å². The van der Waals surface area contributed by atoms with E-state index in [-0.39, 0.29) is 11.9 Å². The molecule has 20 heavy (non-hydrogen) atoms. The van der Waals surface area contributed by atoms with Crippen LogP contribution in [0.25, 0.3) is 0 Å². The molecule has 0 fully saturated rings. The van der Waals surface area contributed by atoms with Crippen molar-refractivity contribution < 1.29 is 9.53 Å². The molecule has 0 bridgehead atoms. The lowest BCUT2D eigenvalue weighted by Gasteiger charge is -2.22. The van der Waals surface area contributed by atoms with Crippen molar-refractivity contribution in [3.05, 3.63) is 35.9 Å². The van der Waals surface area contributed by atoms with Crippen molar-refractivity contribution in [3.63, 3.8) is 0 Å². The maximum absolute atomic E-state index is 12.0. The molecule has 0 saturated heterocycles. The van der Waals surface area contributed by atoms with E-state index in [0.29, 0.717) is 26.2 Å². The van der Waals surface area contributed by atoms with E-state index in [9.17, 15) is 4.79 Å². The summed E-state index contributed by atoms with van der Waals surface area (Å²) in [6.45, 7) is 4.74. The number of amides is 1. The summed E-state index contributed by atoms with van der Waals surface area (Å²) in [7, 11) is 1.62. The normalized spacial score (nSPS) is 12.4. The number of hydrogen-bond acceptors (Lipinski definition) is 4. The summed E-state index contributed by atoms with van der Waals surface area (Å²) in [6.07, 6.45) is 0. The predicted octanol–water partition coefficient (Wildman–Crippen LogP) is 0.598. The Morgan fingerprint density at radius 3 is 2.70 bits per heavy atom. The molecule has 0 aliphatic heterocycles. The topological polar surface area (TPSA) is 67.6 Å². The third kappa shape index (κ3) is 6.65. The van der Waals surface area contributed by atoms with Crippen LogP contribution in [-0.4, -0.2) is 50.2 Å². The summed E-state index contributed by atoms with van der Waals surface area (Å²) in [4.78, 5) is 14.0. The lowest BCUT2D eigenvalue weighted by Crippen LogP contribution is -2.43. The van der Waals surface area contributed by atoms with E-state index in [1.165, 1.54) is 5.56 Å². The van der Waals surface area contributed by atoms with Gasteiger partial charge in [-0.2, -0.15) is 0 Å². The minimum Gasteiger partial charge on any atom is -0.383 e. The lowest BCUT2D eigenvalue weighted by molar-refractivity contribution is -0.123. The van der Waals surface area contributed by atoms with Gasteiger partial charge in [-0.3, -0.25) is 9.69 Å². The first-order chi connectivity index (χ1) is 9.65.